The lowest BCUT2D eigenvalue weighted by Crippen LogP contribution is -2.32. The van der Waals surface area contributed by atoms with Crippen LogP contribution in [0.2, 0.25) is 0 Å². The number of nitrogens with one attached hydrogen (secondary N) is 1. The molecule has 190 valence electrons. The molecule has 0 radical (unpaired) electrons. The van der Waals surface area contributed by atoms with Gasteiger partial charge in [0.25, 0.3) is 0 Å². The van der Waals surface area contributed by atoms with Crippen molar-refractivity contribution in [3.8, 4) is 5.75 Å². The number of carbonyl (C=O) groups is 2. The van der Waals surface area contributed by atoms with Gasteiger partial charge in [-0.3, -0.25) is 0 Å². The first-order chi connectivity index (χ1) is 15.1. The summed E-state index contributed by atoms with van der Waals surface area (Å²) < 4.78 is 68.6. The Kier molecular flexibility index (Phi) is 15.9. The van der Waals surface area contributed by atoms with Crippen LogP contribution in [0.25, 0.3) is 0 Å². The normalized spacial score (nSPS) is 11.3. The second-order valence-electron chi connectivity index (χ2n) is 5.93. The SMILES string of the molecule is COc1cccc(CN=C(N)NCCCCCN)c1.O=C(O)C(F)(F)F.O=C(O)C(F)(F)F. The molecule has 9 nitrogen and oxygen atoms in total. The Balaban J connectivity index is 0. The molecule has 15 heteroatoms. The van der Waals surface area contributed by atoms with Crippen LogP contribution in [0.3, 0.4) is 0 Å². The number of guanidine groups is 1. The largest absolute Gasteiger partial charge is 0.497 e. The molecule has 0 amide bonds. The summed E-state index contributed by atoms with van der Waals surface area (Å²) in [6.45, 7) is 2.14. The molecule has 0 fully saturated rings. The number of aliphatic carboxylic acids is 2. The van der Waals surface area contributed by atoms with Crippen LogP contribution in [0.1, 0.15) is 24.8 Å². The molecule has 0 aliphatic carbocycles. The average Bonchev–Trinajstić information content (AvgIpc) is 2.71. The van der Waals surface area contributed by atoms with Crippen LogP contribution in [-0.4, -0.2) is 60.7 Å². The van der Waals surface area contributed by atoms with E-state index in [1.165, 1.54) is 0 Å². The molecule has 0 aliphatic rings. The van der Waals surface area contributed by atoms with Crippen LogP contribution in [0, 0.1) is 0 Å². The van der Waals surface area contributed by atoms with E-state index in [1.54, 1.807) is 7.11 Å². The standard InChI is InChI=1S/C14H24N4O.2C2HF3O2/c1-19-13-7-5-6-12(10-13)11-18-14(16)17-9-4-2-3-8-15;2*3-2(4,5)1(6)7/h5-7,10H,2-4,8-9,11,15H2,1H3,(H3,16,17,18);2*(H,6,7). The topological polar surface area (TPSA) is 160 Å². The number of nitrogens with zero attached hydrogens (tertiary/aromatic N) is 1. The minimum absolute atomic E-state index is 0.482. The zero-order valence-corrected chi connectivity index (χ0v) is 17.5. The lowest BCUT2D eigenvalue weighted by atomic mass is 10.2. The minimum atomic E-state index is -5.08. The zero-order valence-electron chi connectivity index (χ0n) is 17.5. The monoisotopic (exact) mass is 492 g/mol. The molecule has 0 saturated heterocycles. The van der Waals surface area contributed by atoms with Crippen LogP contribution in [0.5, 0.6) is 5.75 Å². The van der Waals surface area contributed by atoms with Gasteiger partial charge in [0.05, 0.1) is 13.7 Å². The van der Waals surface area contributed by atoms with Crippen molar-refractivity contribution < 1.29 is 50.9 Å². The lowest BCUT2D eigenvalue weighted by Gasteiger charge is -2.06. The second kappa shape index (κ2) is 16.4. The molecule has 0 saturated carbocycles. The van der Waals surface area contributed by atoms with Gasteiger partial charge >= 0.3 is 24.3 Å². The number of nitrogens with two attached hydrogens (primary N) is 2. The Labute approximate surface area is 185 Å². The van der Waals surface area contributed by atoms with Crippen molar-refractivity contribution in [1.82, 2.24) is 5.32 Å². The highest BCUT2D eigenvalue weighted by Crippen LogP contribution is 2.14. The smallest absolute Gasteiger partial charge is 0.490 e. The Morgan fingerprint density at radius 1 is 1.03 bits per heavy atom. The lowest BCUT2D eigenvalue weighted by molar-refractivity contribution is -0.193. The summed E-state index contributed by atoms with van der Waals surface area (Å²) in [5.41, 5.74) is 12.3. The third-order valence-electron chi connectivity index (χ3n) is 3.24. The molecule has 0 bridgehead atoms. The Bertz CT molecular complexity index is 718. The Morgan fingerprint density at radius 3 is 1.97 bits per heavy atom. The van der Waals surface area contributed by atoms with Crippen molar-refractivity contribution in [3.05, 3.63) is 29.8 Å². The predicted octanol–water partition coefficient (Wildman–Crippen LogP) is 2.50. The molecule has 0 aliphatic heterocycles. The summed E-state index contributed by atoms with van der Waals surface area (Å²) in [5.74, 6) is -4.20. The molecule has 1 aromatic carbocycles. The number of alkyl halides is 6. The number of methoxy groups -OCH3 is 1. The fourth-order valence-corrected chi connectivity index (χ4v) is 1.67. The number of hydrogen-bond acceptors (Lipinski definition) is 5. The first-order valence-corrected chi connectivity index (χ1v) is 9.12. The first-order valence-electron chi connectivity index (χ1n) is 9.12. The number of halogens is 6. The van der Waals surface area contributed by atoms with Crippen molar-refractivity contribution in [2.24, 2.45) is 16.5 Å². The summed E-state index contributed by atoms with van der Waals surface area (Å²) in [7, 11) is 1.65. The van der Waals surface area contributed by atoms with Crippen LogP contribution < -0.4 is 21.5 Å². The second-order valence-corrected chi connectivity index (χ2v) is 5.93. The summed E-state index contributed by atoms with van der Waals surface area (Å²) >= 11 is 0. The Hall–Kier alpha value is -3.23. The highest BCUT2D eigenvalue weighted by Gasteiger charge is 2.38. The third-order valence-corrected chi connectivity index (χ3v) is 3.24. The number of ether oxygens (including phenoxy) is 1. The summed E-state index contributed by atoms with van der Waals surface area (Å²) in [6, 6.07) is 7.81. The fourth-order valence-electron chi connectivity index (χ4n) is 1.67. The van der Waals surface area contributed by atoms with E-state index < -0.39 is 24.3 Å². The number of carboxylic acids is 2. The molecule has 0 unspecified atom stereocenters. The van der Waals surface area contributed by atoms with Gasteiger partial charge in [-0.15, -0.1) is 0 Å². The quantitative estimate of drug-likeness (QED) is 0.160. The van der Waals surface area contributed by atoms with Gasteiger partial charge in [0.15, 0.2) is 5.96 Å². The van der Waals surface area contributed by atoms with Crippen LogP contribution in [-0.2, 0) is 16.1 Å². The van der Waals surface area contributed by atoms with Crippen molar-refractivity contribution in [3.63, 3.8) is 0 Å². The van der Waals surface area contributed by atoms with E-state index in [2.05, 4.69) is 10.3 Å². The maximum absolute atomic E-state index is 10.6. The third kappa shape index (κ3) is 19.2. The maximum Gasteiger partial charge on any atom is 0.490 e. The predicted molar refractivity (Wildman–Crippen MR) is 107 cm³/mol. The molecule has 1 aromatic rings. The number of benzene rings is 1. The molecular formula is C18H26F6N4O5. The van der Waals surface area contributed by atoms with Crippen molar-refractivity contribution in [1.29, 1.82) is 0 Å². The highest BCUT2D eigenvalue weighted by atomic mass is 19.4. The first kappa shape index (κ1) is 32.0. The number of unbranched alkanes of at least 4 members (excludes halogenated alkanes) is 2. The van der Waals surface area contributed by atoms with Gasteiger partial charge < -0.3 is 31.7 Å². The van der Waals surface area contributed by atoms with E-state index in [1.807, 2.05) is 24.3 Å². The van der Waals surface area contributed by atoms with Gasteiger partial charge in [-0.2, -0.15) is 26.3 Å². The van der Waals surface area contributed by atoms with Crippen molar-refractivity contribution in [2.45, 2.75) is 38.2 Å². The molecule has 0 aromatic heterocycles. The maximum atomic E-state index is 10.6. The van der Waals surface area contributed by atoms with E-state index in [-0.39, 0.29) is 0 Å². The van der Waals surface area contributed by atoms with Crippen molar-refractivity contribution >= 4 is 17.9 Å². The molecular weight excluding hydrogens is 466 g/mol. The van der Waals surface area contributed by atoms with Gasteiger partial charge in [0, 0.05) is 6.54 Å². The van der Waals surface area contributed by atoms with Gasteiger partial charge in [-0.25, -0.2) is 14.6 Å². The Morgan fingerprint density at radius 2 is 1.55 bits per heavy atom. The van der Waals surface area contributed by atoms with E-state index >= 15 is 0 Å². The van der Waals surface area contributed by atoms with E-state index in [9.17, 15) is 26.3 Å². The molecule has 33 heavy (non-hydrogen) atoms. The number of aliphatic imine (C=N–C) groups is 1. The van der Waals surface area contributed by atoms with Crippen LogP contribution in [0.4, 0.5) is 26.3 Å². The number of carboxylic acid groups (broad SMARTS) is 2. The van der Waals surface area contributed by atoms with E-state index in [0.717, 1.165) is 43.7 Å². The molecule has 0 spiro atoms. The van der Waals surface area contributed by atoms with E-state index in [0.29, 0.717) is 12.5 Å². The highest BCUT2D eigenvalue weighted by molar-refractivity contribution is 5.77. The zero-order chi connectivity index (χ0) is 26.1. The average molecular weight is 492 g/mol. The van der Waals surface area contributed by atoms with E-state index in [4.69, 9.17) is 36.0 Å². The van der Waals surface area contributed by atoms with Gasteiger partial charge in [0.2, 0.25) is 0 Å². The van der Waals surface area contributed by atoms with Gasteiger partial charge in [0.1, 0.15) is 5.75 Å². The van der Waals surface area contributed by atoms with Crippen LogP contribution in [0.15, 0.2) is 29.3 Å². The summed E-state index contributed by atoms with van der Waals surface area (Å²) in [5, 5.41) is 17.3. The molecule has 1 rings (SSSR count). The summed E-state index contributed by atoms with van der Waals surface area (Å²) in [6.07, 6.45) is -6.93. The summed E-state index contributed by atoms with van der Waals surface area (Å²) in [4.78, 5) is 22.1. The number of hydrogen-bond donors (Lipinski definition) is 5. The van der Waals surface area contributed by atoms with Gasteiger partial charge in [-0.1, -0.05) is 18.6 Å². The fraction of sp³-hybridized carbons (Fsp3) is 0.500. The van der Waals surface area contributed by atoms with Crippen molar-refractivity contribution in [2.75, 3.05) is 20.2 Å². The van der Waals surface area contributed by atoms with Gasteiger partial charge in [-0.05, 0) is 37.1 Å². The van der Waals surface area contributed by atoms with Crippen LogP contribution >= 0.6 is 0 Å². The molecule has 7 N–H and O–H groups in total. The minimum Gasteiger partial charge on any atom is -0.497 e. The molecule has 0 heterocycles. The molecule has 0 atom stereocenters. The number of rotatable bonds is 8.